The van der Waals surface area contributed by atoms with Gasteiger partial charge in [0.25, 0.3) is 0 Å². The molecule has 114 valence electrons. The van der Waals surface area contributed by atoms with Gasteiger partial charge < -0.3 is 0 Å². The van der Waals surface area contributed by atoms with E-state index >= 15 is 0 Å². The summed E-state index contributed by atoms with van der Waals surface area (Å²) in [4.78, 5) is 25.2. The summed E-state index contributed by atoms with van der Waals surface area (Å²) in [6.45, 7) is 0. The molecule has 5 heteroatoms. The second-order valence-electron chi connectivity index (χ2n) is 7.09. The molecule has 0 N–H and O–H groups in total. The summed E-state index contributed by atoms with van der Waals surface area (Å²) in [5, 5.41) is 0. The van der Waals surface area contributed by atoms with E-state index in [4.69, 9.17) is 0 Å². The minimum absolute atomic E-state index is 0.0552. The number of hydrogen-bond acceptors (Lipinski definition) is 2. The van der Waals surface area contributed by atoms with Crippen LogP contribution in [0.3, 0.4) is 0 Å². The highest BCUT2D eigenvalue weighted by Crippen LogP contribution is 2.68. The Morgan fingerprint density at radius 3 is 1.82 bits per heavy atom. The Balaban J connectivity index is 1.92. The molecule has 22 heavy (non-hydrogen) atoms. The summed E-state index contributed by atoms with van der Waals surface area (Å²) in [7, 11) is 1.58. The van der Waals surface area contributed by atoms with Gasteiger partial charge in [0.15, 0.2) is 0 Å². The third-order valence-electron chi connectivity index (χ3n) is 6.45. The number of hydrogen-bond donors (Lipinski definition) is 0. The van der Waals surface area contributed by atoms with Gasteiger partial charge in [-0.3, -0.25) is 0 Å². The van der Waals surface area contributed by atoms with Crippen molar-refractivity contribution < 1.29 is 0 Å². The first kappa shape index (κ1) is 12.5. The van der Waals surface area contributed by atoms with Crippen molar-refractivity contribution >= 4 is 0 Å². The maximum Gasteiger partial charge on any atom is 0.347 e. The molecule has 0 spiro atoms. The molecule has 2 bridgehead atoms. The van der Waals surface area contributed by atoms with Crippen molar-refractivity contribution in [1.82, 2.24) is 13.9 Å². The van der Waals surface area contributed by atoms with Crippen molar-refractivity contribution in [3.63, 3.8) is 0 Å². The molecule has 5 aliphatic rings. The lowest BCUT2D eigenvalue weighted by molar-refractivity contribution is -0.0583. The van der Waals surface area contributed by atoms with Crippen LogP contribution in [0.25, 0.3) is 0 Å². The van der Waals surface area contributed by atoms with E-state index in [0.29, 0.717) is 0 Å². The predicted octanol–water partition coefficient (Wildman–Crippen LogP) is 1.69. The second-order valence-corrected chi connectivity index (χ2v) is 7.09. The van der Waals surface area contributed by atoms with Gasteiger partial charge in [-0.25, -0.2) is 23.5 Å². The van der Waals surface area contributed by atoms with Crippen LogP contribution in [-0.4, -0.2) is 13.9 Å². The van der Waals surface area contributed by atoms with Gasteiger partial charge in [-0.15, -0.1) is 0 Å². The van der Waals surface area contributed by atoms with Crippen molar-refractivity contribution in [2.75, 3.05) is 0 Å². The average molecular weight is 297 g/mol. The monoisotopic (exact) mass is 297 g/mol. The van der Waals surface area contributed by atoms with Gasteiger partial charge >= 0.3 is 11.4 Å². The zero-order valence-corrected chi connectivity index (χ0v) is 12.6. The normalized spacial score (nSPS) is 40.4. The van der Waals surface area contributed by atoms with E-state index in [2.05, 4.69) is 36.5 Å². The van der Waals surface area contributed by atoms with Gasteiger partial charge in [0, 0.05) is 17.9 Å². The number of rotatable bonds is 0. The first-order valence-electron chi connectivity index (χ1n) is 8.08. The summed E-state index contributed by atoms with van der Waals surface area (Å²) in [6, 6.07) is -0.110. The molecule has 3 heterocycles. The molecule has 4 atom stereocenters. The molecule has 1 saturated carbocycles. The molecular weight excluding hydrogens is 278 g/mol. The predicted molar refractivity (Wildman–Crippen MR) is 82.8 cm³/mol. The second kappa shape index (κ2) is 3.65. The Kier molecular flexibility index (Phi) is 2.07. The van der Waals surface area contributed by atoms with Crippen LogP contribution in [0.1, 0.15) is 37.8 Å². The summed E-state index contributed by atoms with van der Waals surface area (Å²) in [5.41, 5.74) is -0.504. The molecule has 6 rings (SSSR count). The van der Waals surface area contributed by atoms with Crippen LogP contribution in [-0.2, 0) is 7.05 Å². The molecule has 5 nitrogen and oxygen atoms in total. The van der Waals surface area contributed by atoms with Gasteiger partial charge in [-0.05, 0) is 12.8 Å². The smallest absolute Gasteiger partial charge is 0.246 e. The topological polar surface area (TPSA) is 48.9 Å². The Bertz CT molecular complexity index is 811. The van der Waals surface area contributed by atoms with E-state index in [9.17, 15) is 9.59 Å². The number of nitrogens with zero attached hydrogens (tertiary/aromatic N) is 3. The maximum atomic E-state index is 12.6. The van der Waals surface area contributed by atoms with E-state index in [0.717, 1.165) is 12.8 Å². The highest BCUT2D eigenvalue weighted by Gasteiger charge is 2.64. The Morgan fingerprint density at radius 2 is 1.36 bits per heavy atom. The fourth-order valence-electron chi connectivity index (χ4n) is 5.51. The van der Waals surface area contributed by atoms with Gasteiger partial charge in [0.05, 0.1) is 12.1 Å². The van der Waals surface area contributed by atoms with Crippen molar-refractivity contribution in [3.05, 3.63) is 57.4 Å². The van der Waals surface area contributed by atoms with Crippen LogP contribution in [0.2, 0.25) is 0 Å². The summed E-state index contributed by atoms with van der Waals surface area (Å²) in [5.74, 6) is 0. The van der Waals surface area contributed by atoms with Crippen molar-refractivity contribution in [2.24, 2.45) is 17.9 Å². The Morgan fingerprint density at radius 1 is 0.909 bits per heavy atom. The van der Waals surface area contributed by atoms with Crippen LogP contribution in [0.5, 0.6) is 0 Å². The molecule has 0 radical (unpaired) electrons. The Hall–Kier alpha value is -2.04. The molecular formula is C17H19N3O2. The van der Waals surface area contributed by atoms with Gasteiger partial charge in [-0.1, -0.05) is 49.3 Å². The molecule has 2 aliphatic heterocycles. The highest BCUT2D eigenvalue weighted by molar-refractivity contribution is 5.38. The minimum Gasteiger partial charge on any atom is -0.246 e. The maximum absolute atomic E-state index is 12.6. The fourth-order valence-corrected chi connectivity index (χ4v) is 5.51. The van der Waals surface area contributed by atoms with Gasteiger partial charge in [0.1, 0.15) is 0 Å². The van der Waals surface area contributed by atoms with Crippen molar-refractivity contribution in [3.8, 4) is 0 Å². The van der Waals surface area contributed by atoms with Crippen molar-refractivity contribution in [2.45, 2.75) is 37.8 Å². The first-order chi connectivity index (χ1) is 10.6. The van der Waals surface area contributed by atoms with Crippen LogP contribution in [0.15, 0.2) is 46.0 Å². The molecule has 1 aromatic heterocycles. The lowest BCUT2D eigenvalue weighted by Crippen LogP contribution is -2.62. The third kappa shape index (κ3) is 1.06. The number of allylic oxidation sites excluding steroid dienone is 6. The largest absolute Gasteiger partial charge is 0.347 e. The number of aromatic nitrogens is 3. The lowest BCUT2D eigenvalue weighted by Gasteiger charge is -2.63. The average Bonchev–Trinajstić information content (AvgIpc) is 2.80. The highest BCUT2D eigenvalue weighted by atomic mass is 16.2. The van der Waals surface area contributed by atoms with E-state index in [1.807, 2.05) is 0 Å². The standard InChI is InChI=1S/C17H19N3O2/c1-18-14(21)19-12-6-7-13(20(19)15(18)22)17-9-3-2-8-16(12,17)10-4-5-11-17/h2-3,6-9,12-13H,4-5,10-11H2,1H3/t12-,13-,16+,17+/m0/s1. The molecule has 0 aromatic carbocycles. The Labute approximate surface area is 127 Å². The quantitative estimate of drug-likeness (QED) is 0.684. The summed E-state index contributed by atoms with van der Waals surface area (Å²) >= 11 is 0. The van der Waals surface area contributed by atoms with Crippen LogP contribution < -0.4 is 11.4 Å². The zero-order valence-electron chi connectivity index (χ0n) is 12.6. The zero-order chi connectivity index (χ0) is 15.1. The molecule has 1 fully saturated rings. The molecule has 0 saturated heterocycles. The SMILES string of the molecule is Cn1c(=O)n2n(c1=O)[C@H]1C=C[C@H]2[C@]23C=CC=C[C@@]12CCCC3. The molecule has 0 amide bonds. The lowest BCUT2D eigenvalue weighted by atomic mass is 9.46. The van der Waals surface area contributed by atoms with Crippen LogP contribution in [0, 0.1) is 10.8 Å². The van der Waals surface area contributed by atoms with E-state index in [1.165, 1.54) is 17.4 Å². The molecule has 3 aliphatic carbocycles. The van der Waals surface area contributed by atoms with Crippen LogP contribution in [0.4, 0.5) is 0 Å². The van der Waals surface area contributed by atoms with Crippen molar-refractivity contribution in [1.29, 1.82) is 0 Å². The van der Waals surface area contributed by atoms with Gasteiger partial charge in [-0.2, -0.15) is 0 Å². The van der Waals surface area contributed by atoms with Gasteiger partial charge in [0.2, 0.25) is 0 Å². The first-order valence-corrected chi connectivity index (χ1v) is 8.08. The third-order valence-corrected chi connectivity index (χ3v) is 6.45. The summed E-state index contributed by atoms with van der Waals surface area (Å²) in [6.07, 6.45) is 17.7. The summed E-state index contributed by atoms with van der Waals surface area (Å²) < 4.78 is 4.66. The van der Waals surface area contributed by atoms with E-state index in [1.54, 1.807) is 16.4 Å². The molecule has 1 aromatic rings. The molecule has 0 unspecified atom stereocenters. The fraction of sp³-hybridized carbons (Fsp3) is 0.529. The van der Waals surface area contributed by atoms with E-state index in [-0.39, 0.29) is 34.3 Å². The van der Waals surface area contributed by atoms with Crippen LogP contribution >= 0.6 is 0 Å². The minimum atomic E-state index is -0.194. The van der Waals surface area contributed by atoms with E-state index < -0.39 is 0 Å².